The van der Waals surface area contributed by atoms with Gasteiger partial charge in [-0.25, -0.2) is 0 Å². The van der Waals surface area contributed by atoms with E-state index in [2.05, 4.69) is 21.5 Å². The van der Waals surface area contributed by atoms with Crippen LogP contribution in [0.1, 0.15) is 20.3 Å². The standard InChI is InChI=1S/C11H21N3O/c1-4-8-13-11(12-5-2)14-9-7-10-15-6-3/h1H,5-10H2,2-3H3,(H2,12,13,14). The maximum atomic E-state index is 5.21. The number of nitrogens with one attached hydrogen (secondary N) is 2. The first-order valence-corrected chi connectivity index (χ1v) is 5.38. The summed E-state index contributed by atoms with van der Waals surface area (Å²) in [6, 6.07) is 0. The van der Waals surface area contributed by atoms with Gasteiger partial charge in [-0.3, -0.25) is 4.99 Å². The Hall–Kier alpha value is -1.21. The smallest absolute Gasteiger partial charge is 0.192 e. The van der Waals surface area contributed by atoms with Gasteiger partial charge in [-0.2, -0.15) is 0 Å². The lowest BCUT2D eigenvalue weighted by molar-refractivity contribution is 0.146. The molecule has 15 heavy (non-hydrogen) atoms. The molecule has 0 saturated heterocycles. The summed E-state index contributed by atoms with van der Waals surface area (Å²) in [6.07, 6.45) is 6.08. The quantitative estimate of drug-likeness (QED) is 0.280. The summed E-state index contributed by atoms with van der Waals surface area (Å²) in [6.45, 7) is 7.61. The third kappa shape index (κ3) is 9.10. The van der Waals surface area contributed by atoms with E-state index in [4.69, 9.17) is 11.2 Å². The summed E-state index contributed by atoms with van der Waals surface area (Å²) in [4.78, 5) is 4.34. The highest BCUT2D eigenvalue weighted by atomic mass is 16.5. The van der Waals surface area contributed by atoms with Crippen molar-refractivity contribution in [2.45, 2.75) is 20.3 Å². The molecule has 0 bridgehead atoms. The van der Waals surface area contributed by atoms with Gasteiger partial charge in [0.15, 0.2) is 5.96 Å². The van der Waals surface area contributed by atoms with E-state index in [-0.39, 0.29) is 0 Å². The third-order valence-corrected chi connectivity index (χ3v) is 1.62. The van der Waals surface area contributed by atoms with Crippen LogP contribution in [-0.2, 0) is 4.74 Å². The maximum Gasteiger partial charge on any atom is 0.192 e. The van der Waals surface area contributed by atoms with Gasteiger partial charge in [0.2, 0.25) is 0 Å². The second kappa shape index (κ2) is 10.9. The predicted molar refractivity (Wildman–Crippen MR) is 63.9 cm³/mol. The minimum Gasteiger partial charge on any atom is -0.382 e. The summed E-state index contributed by atoms with van der Waals surface area (Å²) >= 11 is 0. The zero-order valence-corrected chi connectivity index (χ0v) is 9.68. The molecule has 0 aromatic heterocycles. The Labute approximate surface area is 92.5 Å². The summed E-state index contributed by atoms with van der Waals surface area (Å²) in [5.41, 5.74) is 0. The molecule has 0 aromatic rings. The molecule has 2 N–H and O–H groups in total. The van der Waals surface area contributed by atoms with Crippen LogP contribution < -0.4 is 10.6 Å². The number of terminal acetylenes is 1. The summed E-state index contributed by atoms with van der Waals surface area (Å²) < 4.78 is 5.21. The van der Waals surface area contributed by atoms with E-state index in [9.17, 15) is 0 Å². The van der Waals surface area contributed by atoms with Crippen molar-refractivity contribution in [1.29, 1.82) is 0 Å². The Morgan fingerprint density at radius 3 is 2.80 bits per heavy atom. The molecule has 0 aliphatic heterocycles. The lowest BCUT2D eigenvalue weighted by Gasteiger charge is -2.08. The van der Waals surface area contributed by atoms with Gasteiger partial charge in [0.25, 0.3) is 0 Å². The molecule has 4 heteroatoms. The van der Waals surface area contributed by atoms with Gasteiger partial charge in [-0.1, -0.05) is 5.92 Å². The zero-order chi connectivity index (χ0) is 11.4. The van der Waals surface area contributed by atoms with Crippen molar-refractivity contribution in [3.8, 4) is 12.3 Å². The summed E-state index contributed by atoms with van der Waals surface area (Å²) in [5.74, 6) is 3.28. The number of hydrogen-bond donors (Lipinski definition) is 2. The fraction of sp³-hybridized carbons (Fsp3) is 0.727. The molecule has 0 amide bonds. The van der Waals surface area contributed by atoms with Crippen LogP contribution in [-0.4, -0.2) is 38.8 Å². The minimum atomic E-state index is 0.497. The number of nitrogens with zero attached hydrogens (tertiary/aromatic N) is 1. The number of rotatable bonds is 7. The van der Waals surface area contributed by atoms with Crippen molar-refractivity contribution in [1.82, 2.24) is 10.6 Å². The van der Waals surface area contributed by atoms with Gasteiger partial charge >= 0.3 is 0 Å². The van der Waals surface area contributed by atoms with Crippen LogP contribution in [0.15, 0.2) is 4.99 Å². The summed E-state index contributed by atoms with van der Waals surface area (Å²) in [5, 5.41) is 6.13. The Balaban J connectivity index is 3.69. The second-order valence-corrected chi connectivity index (χ2v) is 2.87. The Bertz CT molecular complexity index is 208. The monoisotopic (exact) mass is 211 g/mol. The third-order valence-electron chi connectivity index (χ3n) is 1.62. The van der Waals surface area contributed by atoms with Crippen molar-refractivity contribution < 1.29 is 4.74 Å². The highest BCUT2D eigenvalue weighted by Crippen LogP contribution is 1.84. The number of ether oxygens (including phenoxy) is 1. The molecule has 0 fully saturated rings. The zero-order valence-electron chi connectivity index (χ0n) is 9.68. The van der Waals surface area contributed by atoms with Crippen molar-refractivity contribution in [3.05, 3.63) is 0 Å². The first-order chi connectivity index (χ1) is 7.35. The molecule has 86 valence electrons. The molecule has 0 aliphatic carbocycles. The van der Waals surface area contributed by atoms with Gasteiger partial charge in [0, 0.05) is 26.3 Å². The maximum absolute atomic E-state index is 5.21. The van der Waals surface area contributed by atoms with Crippen LogP contribution >= 0.6 is 0 Å². The number of aliphatic imine (C=N–C) groups is 1. The van der Waals surface area contributed by atoms with Gasteiger partial charge < -0.3 is 15.4 Å². The molecular formula is C11H21N3O. The normalized spacial score (nSPS) is 10.9. The minimum absolute atomic E-state index is 0.497. The molecule has 0 saturated carbocycles. The molecule has 0 radical (unpaired) electrons. The Morgan fingerprint density at radius 1 is 1.40 bits per heavy atom. The second-order valence-electron chi connectivity index (χ2n) is 2.87. The van der Waals surface area contributed by atoms with E-state index in [1.807, 2.05) is 13.8 Å². The fourth-order valence-corrected chi connectivity index (χ4v) is 0.978. The van der Waals surface area contributed by atoms with E-state index < -0.39 is 0 Å². The van der Waals surface area contributed by atoms with Gasteiger partial charge in [-0.05, 0) is 20.3 Å². The van der Waals surface area contributed by atoms with E-state index >= 15 is 0 Å². The molecule has 0 aliphatic rings. The van der Waals surface area contributed by atoms with Gasteiger partial charge in [0.1, 0.15) is 0 Å². The Kier molecular flexibility index (Phi) is 9.99. The van der Waals surface area contributed by atoms with Crippen LogP contribution in [0.5, 0.6) is 0 Å². The predicted octanol–water partition coefficient (Wildman–Crippen LogP) is 0.601. The average Bonchev–Trinajstić information content (AvgIpc) is 2.25. The molecule has 0 heterocycles. The van der Waals surface area contributed by atoms with Crippen LogP contribution in [0.4, 0.5) is 0 Å². The SMILES string of the molecule is C#CCNC(=NCCCOCC)NCC. The molecule has 0 aromatic carbocycles. The van der Waals surface area contributed by atoms with Crippen molar-refractivity contribution in [2.75, 3.05) is 32.8 Å². The molecule has 0 atom stereocenters. The van der Waals surface area contributed by atoms with Crippen LogP contribution in [0.2, 0.25) is 0 Å². The van der Waals surface area contributed by atoms with Crippen molar-refractivity contribution >= 4 is 5.96 Å². The van der Waals surface area contributed by atoms with E-state index in [0.29, 0.717) is 6.54 Å². The van der Waals surface area contributed by atoms with E-state index in [1.54, 1.807) is 0 Å². The van der Waals surface area contributed by atoms with Crippen molar-refractivity contribution in [3.63, 3.8) is 0 Å². The highest BCUT2D eigenvalue weighted by molar-refractivity contribution is 5.79. The topological polar surface area (TPSA) is 45.7 Å². The molecule has 0 unspecified atom stereocenters. The lowest BCUT2D eigenvalue weighted by Crippen LogP contribution is -2.37. The molecular weight excluding hydrogens is 190 g/mol. The number of hydrogen-bond acceptors (Lipinski definition) is 2. The van der Waals surface area contributed by atoms with Gasteiger partial charge in [-0.15, -0.1) is 6.42 Å². The van der Waals surface area contributed by atoms with Crippen LogP contribution in [0, 0.1) is 12.3 Å². The summed E-state index contributed by atoms with van der Waals surface area (Å²) in [7, 11) is 0. The first-order valence-electron chi connectivity index (χ1n) is 5.38. The van der Waals surface area contributed by atoms with Crippen LogP contribution in [0.25, 0.3) is 0 Å². The molecule has 0 spiro atoms. The largest absolute Gasteiger partial charge is 0.382 e. The first kappa shape index (κ1) is 13.8. The Morgan fingerprint density at radius 2 is 2.20 bits per heavy atom. The fourth-order valence-electron chi connectivity index (χ4n) is 0.978. The molecule has 0 rings (SSSR count). The van der Waals surface area contributed by atoms with Gasteiger partial charge in [0.05, 0.1) is 6.54 Å². The van der Waals surface area contributed by atoms with E-state index in [0.717, 1.165) is 38.7 Å². The lowest BCUT2D eigenvalue weighted by atomic mass is 10.4. The number of guanidine groups is 1. The van der Waals surface area contributed by atoms with Crippen molar-refractivity contribution in [2.24, 2.45) is 4.99 Å². The van der Waals surface area contributed by atoms with E-state index in [1.165, 1.54) is 0 Å². The molecule has 4 nitrogen and oxygen atoms in total. The highest BCUT2D eigenvalue weighted by Gasteiger charge is 1.93. The van der Waals surface area contributed by atoms with Crippen LogP contribution in [0.3, 0.4) is 0 Å². The average molecular weight is 211 g/mol.